The summed E-state index contributed by atoms with van der Waals surface area (Å²) < 4.78 is 0. The number of rotatable bonds is 6. The monoisotopic (exact) mass is 287 g/mol. The highest BCUT2D eigenvalue weighted by molar-refractivity contribution is 8.00. The number of carbonyl (C=O) groups excluding carboxylic acids is 2. The van der Waals surface area contributed by atoms with Crippen LogP contribution in [0.3, 0.4) is 0 Å². The third-order valence-corrected chi connectivity index (χ3v) is 5.08. The van der Waals surface area contributed by atoms with Crippen LogP contribution in [0.1, 0.15) is 39.5 Å². The van der Waals surface area contributed by atoms with E-state index in [4.69, 9.17) is 11.5 Å². The Hall–Kier alpha value is -0.750. The predicted octanol–water partition coefficient (Wildman–Crippen LogP) is 0.713. The van der Waals surface area contributed by atoms with E-state index >= 15 is 0 Å². The van der Waals surface area contributed by atoms with Crippen molar-refractivity contribution in [3.8, 4) is 0 Å². The smallest absolute Gasteiger partial charge is 0.237 e. The first-order valence-corrected chi connectivity index (χ1v) is 7.96. The molecule has 0 bridgehead atoms. The van der Waals surface area contributed by atoms with Crippen LogP contribution >= 0.6 is 11.8 Å². The number of primary amides is 1. The van der Waals surface area contributed by atoms with Crippen molar-refractivity contribution in [1.82, 2.24) is 4.90 Å². The minimum atomic E-state index is -0.881. The summed E-state index contributed by atoms with van der Waals surface area (Å²) >= 11 is 1.61. The number of thioether (sulfide) groups is 1. The molecule has 0 aliphatic heterocycles. The topological polar surface area (TPSA) is 89.4 Å². The summed E-state index contributed by atoms with van der Waals surface area (Å²) in [5, 5.41) is 0.255. The fourth-order valence-electron chi connectivity index (χ4n) is 2.48. The highest BCUT2D eigenvalue weighted by Gasteiger charge is 2.38. The van der Waals surface area contributed by atoms with E-state index in [0.29, 0.717) is 18.6 Å². The molecule has 1 rings (SSSR count). The first-order chi connectivity index (χ1) is 8.92. The molecule has 0 aromatic rings. The summed E-state index contributed by atoms with van der Waals surface area (Å²) in [6.45, 7) is 5.43. The van der Waals surface area contributed by atoms with E-state index in [1.165, 1.54) is 0 Å². The molecule has 5 nitrogen and oxygen atoms in total. The molecule has 0 saturated heterocycles. The van der Waals surface area contributed by atoms with E-state index in [9.17, 15) is 9.59 Å². The molecule has 110 valence electrons. The minimum Gasteiger partial charge on any atom is -0.368 e. The fraction of sp³-hybridized carbons (Fsp3) is 0.846. The Kier molecular flexibility index (Phi) is 6.13. The van der Waals surface area contributed by atoms with Crippen LogP contribution in [0.2, 0.25) is 0 Å². The van der Waals surface area contributed by atoms with Crippen molar-refractivity contribution in [3.63, 3.8) is 0 Å². The second-order valence-electron chi connectivity index (χ2n) is 5.12. The third kappa shape index (κ3) is 4.38. The average molecular weight is 287 g/mol. The lowest BCUT2D eigenvalue weighted by Gasteiger charge is -2.35. The summed E-state index contributed by atoms with van der Waals surface area (Å²) in [6.07, 6.45) is 3.14. The van der Waals surface area contributed by atoms with Crippen molar-refractivity contribution in [3.05, 3.63) is 0 Å². The first kappa shape index (κ1) is 16.3. The maximum absolute atomic E-state index is 11.9. The maximum Gasteiger partial charge on any atom is 0.237 e. The Balaban J connectivity index is 2.45. The largest absolute Gasteiger partial charge is 0.368 e. The van der Waals surface area contributed by atoms with E-state index in [-0.39, 0.29) is 11.2 Å². The van der Waals surface area contributed by atoms with Gasteiger partial charge in [0.05, 0.1) is 11.3 Å². The van der Waals surface area contributed by atoms with Crippen molar-refractivity contribution in [2.75, 3.05) is 18.8 Å². The molecule has 1 aliphatic rings. The molecule has 4 N–H and O–H groups in total. The van der Waals surface area contributed by atoms with E-state index in [2.05, 4.69) is 0 Å². The Morgan fingerprint density at radius 3 is 2.53 bits per heavy atom. The van der Waals surface area contributed by atoms with Gasteiger partial charge in [-0.15, -0.1) is 11.8 Å². The van der Waals surface area contributed by atoms with Gasteiger partial charge in [-0.25, -0.2) is 0 Å². The van der Waals surface area contributed by atoms with Crippen molar-refractivity contribution in [1.29, 1.82) is 0 Å². The highest BCUT2D eigenvalue weighted by atomic mass is 32.2. The van der Waals surface area contributed by atoms with Gasteiger partial charge in [0.2, 0.25) is 11.8 Å². The molecule has 2 amide bonds. The van der Waals surface area contributed by atoms with Gasteiger partial charge in [0.1, 0.15) is 0 Å². The van der Waals surface area contributed by atoms with Crippen molar-refractivity contribution < 1.29 is 9.59 Å². The molecule has 1 saturated carbocycles. The van der Waals surface area contributed by atoms with Gasteiger partial charge < -0.3 is 16.4 Å². The van der Waals surface area contributed by atoms with Gasteiger partial charge in [-0.2, -0.15) is 0 Å². The Morgan fingerprint density at radius 1 is 1.37 bits per heavy atom. The van der Waals surface area contributed by atoms with E-state index < -0.39 is 11.4 Å². The molecule has 0 aromatic carbocycles. The molecule has 0 heterocycles. The van der Waals surface area contributed by atoms with Gasteiger partial charge in [-0.3, -0.25) is 9.59 Å². The van der Waals surface area contributed by atoms with Gasteiger partial charge in [0, 0.05) is 18.3 Å². The fourth-order valence-corrected chi connectivity index (χ4v) is 3.79. The lowest BCUT2D eigenvalue weighted by atomic mass is 9.82. The molecule has 0 spiro atoms. The first-order valence-electron chi connectivity index (χ1n) is 6.91. The van der Waals surface area contributed by atoms with E-state index in [0.717, 1.165) is 25.9 Å². The zero-order chi connectivity index (χ0) is 14.5. The second kappa shape index (κ2) is 7.14. The lowest BCUT2D eigenvalue weighted by molar-refractivity contribution is -0.128. The van der Waals surface area contributed by atoms with Gasteiger partial charge in [0.15, 0.2) is 0 Å². The molecule has 0 radical (unpaired) electrons. The van der Waals surface area contributed by atoms with Crippen LogP contribution in [0.4, 0.5) is 0 Å². The summed E-state index contributed by atoms with van der Waals surface area (Å²) in [6, 6.07) is 0. The number of nitrogens with two attached hydrogens (primary N) is 2. The summed E-state index contributed by atoms with van der Waals surface area (Å²) in [5.41, 5.74) is 10.5. The molecule has 0 aromatic heterocycles. The van der Waals surface area contributed by atoms with Crippen molar-refractivity contribution >= 4 is 23.6 Å². The van der Waals surface area contributed by atoms with Gasteiger partial charge in [0.25, 0.3) is 0 Å². The number of hydrogen-bond acceptors (Lipinski definition) is 4. The Labute approximate surface area is 119 Å². The normalized spacial score (nSPS) is 27.0. The minimum absolute atomic E-state index is 0.155. The third-order valence-electron chi connectivity index (χ3n) is 3.79. The molecule has 1 fully saturated rings. The molecule has 6 heteroatoms. The van der Waals surface area contributed by atoms with E-state index in [1.54, 1.807) is 11.8 Å². The Morgan fingerprint density at radius 2 is 2.00 bits per heavy atom. The number of hydrogen-bond donors (Lipinski definition) is 2. The molecule has 2 unspecified atom stereocenters. The number of nitrogens with zero attached hydrogens (tertiary/aromatic N) is 1. The van der Waals surface area contributed by atoms with Crippen molar-refractivity contribution in [2.24, 2.45) is 11.5 Å². The molecule has 19 heavy (non-hydrogen) atoms. The van der Waals surface area contributed by atoms with Gasteiger partial charge in [-0.1, -0.05) is 0 Å². The lowest BCUT2D eigenvalue weighted by Crippen LogP contribution is -2.55. The molecular weight excluding hydrogens is 262 g/mol. The molecule has 2 atom stereocenters. The summed E-state index contributed by atoms with van der Waals surface area (Å²) in [5.74, 6) is 0.191. The molecular formula is C13H25N3O2S. The summed E-state index contributed by atoms with van der Waals surface area (Å²) in [4.78, 5) is 25.1. The van der Waals surface area contributed by atoms with Gasteiger partial charge in [-0.05, 0) is 39.5 Å². The predicted molar refractivity (Wildman–Crippen MR) is 78.8 cm³/mol. The SMILES string of the molecule is CCN(CC)C(=O)CSC1CCCC(N)(C(N)=O)C1. The second-order valence-corrected chi connectivity index (χ2v) is 6.40. The zero-order valence-electron chi connectivity index (χ0n) is 11.9. The van der Waals surface area contributed by atoms with Crippen LogP contribution in [0.25, 0.3) is 0 Å². The van der Waals surface area contributed by atoms with Crippen LogP contribution in [0, 0.1) is 0 Å². The van der Waals surface area contributed by atoms with Crippen LogP contribution in [-0.4, -0.2) is 46.3 Å². The molecule has 1 aliphatic carbocycles. The maximum atomic E-state index is 11.9. The quantitative estimate of drug-likeness (QED) is 0.753. The van der Waals surface area contributed by atoms with Gasteiger partial charge >= 0.3 is 0 Å². The van der Waals surface area contributed by atoms with Crippen LogP contribution < -0.4 is 11.5 Å². The standard InChI is InChI=1S/C13H25N3O2S/c1-3-16(4-2)11(17)9-19-10-6-5-7-13(15,8-10)12(14)18/h10H,3-9,15H2,1-2H3,(H2,14,18). The Bertz CT molecular complexity index is 334. The number of carbonyl (C=O) groups is 2. The van der Waals surface area contributed by atoms with Crippen LogP contribution in [-0.2, 0) is 9.59 Å². The average Bonchev–Trinajstić information content (AvgIpc) is 2.38. The van der Waals surface area contributed by atoms with Crippen LogP contribution in [0.15, 0.2) is 0 Å². The summed E-state index contributed by atoms with van der Waals surface area (Å²) in [7, 11) is 0. The van der Waals surface area contributed by atoms with Crippen molar-refractivity contribution in [2.45, 2.75) is 50.3 Å². The van der Waals surface area contributed by atoms with E-state index in [1.807, 2.05) is 18.7 Å². The van der Waals surface area contributed by atoms with Crippen LogP contribution in [0.5, 0.6) is 0 Å². The number of amides is 2. The highest BCUT2D eigenvalue weighted by Crippen LogP contribution is 2.33. The zero-order valence-corrected chi connectivity index (χ0v) is 12.7.